The lowest BCUT2D eigenvalue weighted by atomic mass is 10.1. The maximum atomic E-state index is 13.6. The van der Waals surface area contributed by atoms with Crippen molar-refractivity contribution < 1.29 is 9.18 Å². The number of nitriles is 1. The molecule has 0 saturated carbocycles. The van der Waals surface area contributed by atoms with Gasteiger partial charge in [0.2, 0.25) is 5.91 Å². The van der Waals surface area contributed by atoms with Crippen LogP contribution in [-0.2, 0) is 11.3 Å². The first-order valence-corrected chi connectivity index (χ1v) is 6.62. The monoisotopic (exact) mass is 277 g/mol. The van der Waals surface area contributed by atoms with E-state index in [1.807, 2.05) is 13.0 Å². The van der Waals surface area contributed by atoms with Crippen molar-refractivity contribution in [1.82, 2.24) is 4.90 Å². The predicted molar refractivity (Wildman–Crippen MR) is 75.1 cm³/mol. The Labute approximate surface area is 119 Å². The third-order valence-corrected chi connectivity index (χ3v) is 3.06. The van der Waals surface area contributed by atoms with E-state index in [2.05, 4.69) is 0 Å². The molecule has 0 aliphatic rings. The average Bonchev–Trinajstić information content (AvgIpc) is 2.40. The molecule has 1 aromatic rings. The molecule has 0 aromatic heterocycles. The van der Waals surface area contributed by atoms with Gasteiger partial charge in [0.15, 0.2) is 0 Å². The van der Waals surface area contributed by atoms with Gasteiger partial charge in [-0.1, -0.05) is 0 Å². The Morgan fingerprint density at radius 3 is 2.85 bits per heavy atom. The fraction of sp³-hybridized carbons (Fsp3) is 0.467. The van der Waals surface area contributed by atoms with E-state index < -0.39 is 5.82 Å². The van der Waals surface area contributed by atoms with Crippen LogP contribution in [0.1, 0.15) is 37.3 Å². The van der Waals surface area contributed by atoms with E-state index in [4.69, 9.17) is 11.0 Å². The first-order chi connectivity index (χ1) is 9.43. The van der Waals surface area contributed by atoms with Crippen LogP contribution in [0.5, 0.6) is 0 Å². The van der Waals surface area contributed by atoms with Crippen molar-refractivity contribution in [2.75, 3.05) is 7.05 Å². The zero-order chi connectivity index (χ0) is 15.1. The van der Waals surface area contributed by atoms with Crippen LogP contribution in [0.3, 0.4) is 0 Å². The SMILES string of the molecule is CC(N)CCCC(=O)N(C)Cc1cc(C#N)ccc1F. The number of nitrogens with two attached hydrogens (primary N) is 1. The molecule has 0 bridgehead atoms. The van der Waals surface area contributed by atoms with Gasteiger partial charge in [-0.15, -0.1) is 0 Å². The molecule has 1 rings (SSSR count). The maximum absolute atomic E-state index is 13.6. The van der Waals surface area contributed by atoms with Crippen molar-refractivity contribution in [2.24, 2.45) is 5.73 Å². The van der Waals surface area contributed by atoms with Crippen LogP contribution in [0.2, 0.25) is 0 Å². The van der Waals surface area contributed by atoms with E-state index in [-0.39, 0.29) is 18.5 Å². The zero-order valence-electron chi connectivity index (χ0n) is 11.9. The summed E-state index contributed by atoms with van der Waals surface area (Å²) in [7, 11) is 1.63. The molecule has 0 heterocycles. The molecule has 0 aliphatic heterocycles. The van der Waals surface area contributed by atoms with Crippen LogP contribution in [0.25, 0.3) is 0 Å². The van der Waals surface area contributed by atoms with E-state index in [1.54, 1.807) is 7.05 Å². The topological polar surface area (TPSA) is 70.1 Å². The maximum Gasteiger partial charge on any atom is 0.222 e. The predicted octanol–water partition coefficient (Wildman–Crippen LogP) is 2.17. The number of hydrogen-bond acceptors (Lipinski definition) is 3. The Morgan fingerprint density at radius 2 is 2.25 bits per heavy atom. The summed E-state index contributed by atoms with van der Waals surface area (Å²) in [4.78, 5) is 13.4. The normalized spacial score (nSPS) is 11.8. The number of hydrogen-bond donors (Lipinski definition) is 1. The summed E-state index contributed by atoms with van der Waals surface area (Å²) in [5, 5.41) is 8.80. The van der Waals surface area contributed by atoms with Crippen LogP contribution in [0.4, 0.5) is 4.39 Å². The quantitative estimate of drug-likeness (QED) is 0.866. The molecule has 0 aliphatic carbocycles. The molecular formula is C15H20FN3O. The van der Waals surface area contributed by atoms with Crippen molar-refractivity contribution in [3.8, 4) is 6.07 Å². The summed E-state index contributed by atoms with van der Waals surface area (Å²) in [5.74, 6) is -0.452. The van der Waals surface area contributed by atoms with Crippen LogP contribution in [-0.4, -0.2) is 23.9 Å². The Bertz CT molecular complexity index is 508. The smallest absolute Gasteiger partial charge is 0.222 e. The molecule has 0 fully saturated rings. The van der Waals surface area contributed by atoms with E-state index in [0.717, 1.165) is 12.8 Å². The lowest BCUT2D eigenvalue weighted by molar-refractivity contribution is -0.130. The third kappa shape index (κ3) is 4.98. The van der Waals surface area contributed by atoms with Crippen LogP contribution >= 0.6 is 0 Å². The number of nitrogens with zero attached hydrogens (tertiary/aromatic N) is 2. The van der Waals surface area contributed by atoms with Gasteiger partial charge in [0.25, 0.3) is 0 Å². The Balaban J connectivity index is 2.59. The molecule has 4 nitrogen and oxygen atoms in total. The molecule has 0 radical (unpaired) electrons. The third-order valence-electron chi connectivity index (χ3n) is 3.06. The van der Waals surface area contributed by atoms with Crippen LogP contribution in [0, 0.1) is 17.1 Å². The number of halogens is 1. The fourth-order valence-electron chi connectivity index (χ4n) is 1.88. The number of carbonyl (C=O) groups is 1. The highest BCUT2D eigenvalue weighted by Gasteiger charge is 2.12. The molecule has 5 heteroatoms. The minimum Gasteiger partial charge on any atom is -0.341 e. The molecule has 1 atom stereocenters. The van der Waals surface area contributed by atoms with Crippen LogP contribution in [0.15, 0.2) is 18.2 Å². The Kier molecular flexibility index (Phi) is 6.13. The van der Waals surface area contributed by atoms with Gasteiger partial charge in [-0.25, -0.2) is 4.39 Å². The highest BCUT2D eigenvalue weighted by molar-refractivity contribution is 5.75. The lowest BCUT2D eigenvalue weighted by Crippen LogP contribution is -2.27. The molecule has 1 amide bonds. The minimum atomic E-state index is -0.403. The molecule has 108 valence electrons. The molecule has 1 unspecified atom stereocenters. The van der Waals surface area contributed by atoms with Gasteiger partial charge in [-0.2, -0.15) is 5.26 Å². The molecule has 20 heavy (non-hydrogen) atoms. The van der Waals surface area contributed by atoms with Gasteiger partial charge in [-0.3, -0.25) is 4.79 Å². The van der Waals surface area contributed by atoms with Crippen molar-refractivity contribution >= 4 is 5.91 Å². The highest BCUT2D eigenvalue weighted by Crippen LogP contribution is 2.13. The lowest BCUT2D eigenvalue weighted by Gasteiger charge is -2.18. The van der Waals surface area contributed by atoms with Crippen molar-refractivity contribution in [3.05, 3.63) is 35.1 Å². The average molecular weight is 277 g/mol. The summed E-state index contributed by atoms with van der Waals surface area (Å²) in [6, 6.07) is 6.19. The van der Waals surface area contributed by atoms with Crippen molar-refractivity contribution in [3.63, 3.8) is 0 Å². The second-order valence-corrected chi connectivity index (χ2v) is 5.04. The number of amides is 1. The standard InChI is InChI=1S/C15H20FN3O/c1-11(18)4-3-5-15(20)19(2)10-13-8-12(9-17)6-7-14(13)16/h6-8,11H,3-5,10,18H2,1-2H3. The highest BCUT2D eigenvalue weighted by atomic mass is 19.1. The summed E-state index contributed by atoms with van der Waals surface area (Å²) in [5.41, 5.74) is 6.37. The number of rotatable bonds is 6. The van der Waals surface area contributed by atoms with Gasteiger partial charge < -0.3 is 10.6 Å². The Hall–Kier alpha value is -1.93. The largest absolute Gasteiger partial charge is 0.341 e. The molecule has 2 N–H and O–H groups in total. The Morgan fingerprint density at radius 1 is 1.55 bits per heavy atom. The van der Waals surface area contributed by atoms with E-state index in [1.165, 1.54) is 23.1 Å². The van der Waals surface area contributed by atoms with Gasteiger partial charge in [0, 0.05) is 31.6 Å². The summed E-state index contributed by atoms with van der Waals surface area (Å²) >= 11 is 0. The summed E-state index contributed by atoms with van der Waals surface area (Å²) < 4.78 is 13.6. The van der Waals surface area contributed by atoms with Gasteiger partial charge in [0.05, 0.1) is 11.6 Å². The molecule has 0 spiro atoms. The van der Waals surface area contributed by atoms with Gasteiger partial charge in [-0.05, 0) is 38.0 Å². The fourth-order valence-corrected chi connectivity index (χ4v) is 1.88. The number of benzene rings is 1. The van der Waals surface area contributed by atoms with E-state index >= 15 is 0 Å². The van der Waals surface area contributed by atoms with Crippen molar-refractivity contribution in [1.29, 1.82) is 5.26 Å². The second kappa shape index (κ2) is 7.61. The molecule has 0 saturated heterocycles. The summed E-state index contributed by atoms with van der Waals surface area (Å²) in [6.07, 6.45) is 1.91. The molecule has 1 aromatic carbocycles. The minimum absolute atomic E-state index is 0.0487. The second-order valence-electron chi connectivity index (χ2n) is 5.04. The number of carbonyl (C=O) groups excluding carboxylic acids is 1. The molecular weight excluding hydrogens is 257 g/mol. The zero-order valence-corrected chi connectivity index (χ0v) is 11.9. The van der Waals surface area contributed by atoms with E-state index in [9.17, 15) is 9.18 Å². The van der Waals surface area contributed by atoms with Crippen molar-refractivity contribution in [2.45, 2.75) is 38.8 Å². The first-order valence-electron chi connectivity index (χ1n) is 6.62. The van der Waals surface area contributed by atoms with Crippen LogP contribution < -0.4 is 5.73 Å². The first kappa shape index (κ1) is 16.1. The summed E-state index contributed by atoms with van der Waals surface area (Å²) in [6.45, 7) is 2.06. The van der Waals surface area contributed by atoms with E-state index in [0.29, 0.717) is 17.5 Å². The van der Waals surface area contributed by atoms with Gasteiger partial charge in [0.1, 0.15) is 5.82 Å². The van der Waals surface area contributed by atoms with Gasteiger partial charge >= 0.3 is 0 Å².